The molecule has 0 saturated carbocycles. The first-order valence-electron chi connectivity index (χ1n) is 6.31. The van der Waals surface area contributed by atoms with Crippen LogP contribution in [0.1, 0.15) is 35.4 Å². The average molecular weight is 311 g/mol. The molecule has 1 aliphatic carbocycles. The Hall–Kier alpha value is -1.03. The van der Waals surface area contributed by atoms with E-state index in [1.165, 1.54) is 16.7 Å². The third kappa shape index (κ3) is 1.92. The van der Waals surface area contributed by atoms with Gasteiger partial charge in [0.1, 0.15) is 10.6 Å². The molecule has 3 nitrogen and oxygen atoms in total. The zero-order valence-corrected chi connectivity index (χ0v) is 11.6. The smallest absolute Gasteiger partial charge is 0.317 e. The second kappa shape index (κ2) is 4.57. The monoisotopic (exact) mass is 310 g/mol. The molecule has 1 aromatic carbocycles. The molecule has 0 spiro atoms. The van der Waals surface area contributed by atoms with E-state index in [2.05, 4.69) is 28.1 Å². The maximum absolute atomic E-state index is 11.0. The second-order valence-electron chi connectivity index (χ2n) is 4.99. The van der Waals surface area contributed by atoms with Crippen LogP contribution in [-0.2, 0) is 17.6 Å². The Balaban J connectivity index is 1.91. The lowest BCUT2D eigenvalue weighted by atomic mass is 9.91. The molecule has 2 atom stereocenters. The van der Waals surface area contributed by atoms with Crippen molar-refractivity contribution in [2.45, 2.75) is 36.4 Å². The predicted molar refractivity (Wildman–Crippen MR) is 71.7 cm³/mol. The summed E-state index contributed by atoms with van der Waals surface area (Å²) in [6, 6.07) is 4.20. The van der Waals surface area contributed by atoms with Gasteiger partial charge in [-0.25, -0.2) is 0 Å². The molecule has 1 aliphatic heterocycles. The van der Waals surface area contributed by atoms with Crippen molar-refractivity contribution in [3.05, 3.63) is 28.8 Å². The van der Waals surface area contributed by atoms with E-state index < -0.39 is 10.8 Å². The summed E-state index contributed by atoms with van der Waals surface area (Å²) in [6.45, 7) is 0.759. The van der Waals surface area contributed by atoms with E-state index >= 15 is 0 Å². The number of aryl methyl sites for hydroxylation is 1. The fraction of sp³-hybridized carbons (Fsp3) is 0.500. The van der Waals surface area contributed by atoms with Gasteiger partial charge in [0.25, 0.3) is 0 Å². The normalized spacial score (nSPS) is 22.2. The number of ether oxygens (including phenoxy) is 1. The number of hydrogen-bond acceptors (Lipinski definition) is 2. The fourth-order valence-electron chi connectivity index (χ4n) is 3.14. The highest BCUT2D eigenvalue weighted by Crippen LogP contribution is 2.44. The molecule has 1 N–H and O–H groups in total. The molecule has 4 heteroatoms. The third-order valence-electron chi connectivity index (χ3n) is 3.94. The van der Waals surface area contributed by atoms with Crippen molar-refractivity contribution in [3.63, 3.8) is 0 Å². The van der Waals surface area contributed by atoms with Crippen LogP contribution < -0.4 is 4.74 Å². The van der Waals surface area contributed by atoms with Crippen LogP contribution in [0.15, 0.2) is 12.1 Å². The van der Waals surface area contributed by atoms with E-state index in [-0.39, 0.29) is 0 Å². The topological polar surface area (TPSA) is 46.5 Å². The molecule has 1 unspecified atom stereocenters. The van der Waals surface area contributed by atoms with Crippen molar-refractivity contribution in [3.8, 4) is 5.75 Å². The average Bonchev–Trinajstić information content (AvgIpc) is 2.94. The van der Waals surface area contributed by atoms with Gasteiger partial charge in [-0.3, -0.25) is 4.79 Å². The summed E-state index contributed by atoms with van der Waals surface area (Å²) in [5.74, 6) is 0.589. The molecule has 0 aromatic heterocycles. The van der Waals surface area contributed by atoms with E-state index in [0.29, 0.717) is 12.3 Å². The molecule has 0 amide bonds. The molecular formula is C14H15BrO3. The summed E-state index contributed by atoms with van der Waals surface area (Å²) in [5, 5.41) is 9.01. The van der Waals surface area contributed by atoms with Crippen LogP contribution in [0.25, 0.3) is 0 Å². The van der Waals surface area contributed by atoms with E-state index in [1.54, 1.807) is 0 Å². The van der Waals surface area contributed by atoms with Crippen molar-refractivity contribution in [2.24, 2.45) is 0 Å². The minimum atomic E-state index is -0.771. The van der Waals surface area contributed by atoms with Gasteiger partial charge >= 0.3 is 5.97 Å². The first-order chi connectivity index (χ1) is 8.66. The van der Waals surface area contributed by atoms with Crippen molar-refractivity contribution < 1.29 is 14.6 Å². The molecule has 1 heterocycles. The molecule has 18 heavy (non-hydrogen) atoms. The lowest BCUT2D eigenvalue weighted by Gasteiger charge is -2.16. The van der Waals surface area contributed by atoms with Gasteiger partial charge in [-0.15, -0.1) is 0 Å². The molecule has 3 rings (SSSR count). The molecule has 0 fully saturated rings. The molecule has 96 valence electrons. The predicted octanol–water partition coefficient (Wildman–Crippen LogP) is 2.89. The maximum atomic E-state index is 11.0. The number of rotatable bonds is 3. The van der Waals surface area contributed by atoms with Gasteiger partial charge in [-0.1, -0.05) is 22.0 Å². The molecule has 2 aliphatic rings. The van der Waals surface area contributed by atoms with E-state index in [9.17, 15) is 4.79 Å². The molecule has 0 radical (unpaired) electrons. The third-order valence-corrected chi connectivity index (χ3v) is 4.71. The SMILES string of the molecule is O=C(O)C(Br)C[C@@H]1CCc2ccc3c(c21)CCO3. The Morgan fingerprint density at radius 3 is 3.11 bits per heavy atom. The summed E-state index contributed by atoms with van der Waals surface area (Å²) in [6.07, 6.45) is 3.75. The van der Waals surface area contributed by atoms with Gasteiger partial charge in [0.05, 0.1) is 6.61 Å². The van der Waals surface area contributed by atoms with Crippen LogP contribution in [0.2, 0.25) is 0 Å². The Kier molecular flexibility index (Phi) is 3.06. The van der Waals surface area contributed by atoms with Crippen molar-refractivity contribution in [1.29, 1.82) is 0 Å². The summed E-state index contributed by atoms with van der Waals surface area (Å²) >= 11 is 3.25. The zero-order chi connectivity index (χ0) is 12.7. The van der Waals surface area contributed by atoms with Gasteiger partial charge < -0.3 is 9.84 Å². The van der Waals surface area contributed by atoms with Crippen molar-refractivity contribution in [1.82, 2.24) is 0 Å². The van der Waals surface area contributed by atoms with Crippen LogP contribution in [0.4, 0.5) is 0 Å². The Morgan fingerprint density at radius 1 is 1.50 bits per heavy atom. The van der Waals surface area contributed by atoms with Crippen LogP contribution in [0, 0.1) is 0 Å². The number of hydrogen-bond donors (Lipinski definition) is 1. The highest BCUT2D eigenvalue weighted by molar-refractivity contribution is 9.10. The molecule has 0 saturated heterocycles. The maximum Gasteiger partial charge on any atom is 0.317 e. The number of aliphatic carboxylic acids is 1. The minimum absolute atomic E-state index is 0.358. The highest BCUT2D eigenvalue weighted by Gasteiger charge is 2.31. The van der Waals surface area contributed by atoms with Crippen LogP contribution in [-0.4, -0.2) is 22.5 Å². The number of carboxylic acid groups (broad SMARTS) is 1. The minimum Gasteiger partial charge on any atom is -0.493 e. The van der Waals surface area contributed by atoms with Gasteiger partial charge in [0.2, 0.25) is 0 Å². The number of halogens is 1. The summed E-state index contributed by atoms with van der Waals surface area (Å²) in [4.78, 5) is 10.5. The number of alkyl halides is 1. The van der Waals surface area contributed by atoms with E-state index in [4.69, 9.17) is 9.84 Å². The number of carboxylic acids is 1. The van der Waals surface area contributed by atoms with Gasteiger partial charge in [-0.2, -0.15) is 0 Å². The van der Waals surface area contributed by atoms with Crippen LogP contribution >= 0.6 is 15.9 Å². The fourth-order valence-corrected chi connectivity index (χ4v) is 3.59. The number of fused-ring (bicyclic) bond motifs is 3. The zero-order valence-electron chi connectivity index (χ0n) is 9.99. The lowest BCUT2D eigenvalue weighted by Crippen LogP contribution is -2.16. The highest BCUT2D eigenvalue weighted by atomic mass is 79.9. The van der Waals surface area contributed by atoms with Crippen molar-refractivity contribution in [2.75, 3.05) is 6.61 Å². The molecule has 0 bridgehead atoms. The number of benzene rings is 1. The molecular weight excluding hydrogens is 296 g/mol. The van der Waals surface area contributed by atoms with E-state index in [0.717, 1.165) is 31.6 Å². The van der Waals surface area contributed by atoms with E-state index in [1.807, 2.05) is 0 Å². The molecule has 1 aromatic rings. The Bertz CT molecular complexity index is 498. The summed E-state index contributed by atoms with van der Waals surface area (Å²) < 4.78 is 5.60. The lowest BCUT2D eigenvalue weighted by molar-refractivity contribution is -0.136. The Labute approximate surface area is 114 Å². The first kappa shape index (κ1) is 12.0. The quantitative estimate of drug-likeness (QED) is 0.873. The summed E-state index contributed by atoms with van der Waals surface area (Å²) in [5.41, 5.74) is 4.07. The van der Waals surface area contributed by atoms with Crippen LogP contribution in [0.3, 0.4) is 0 Å². The first-order valence-corrected chi connectivity index (χ1v) is 7.22. The Morgan fingerprint density at radius 2 is 2.33 bits per heavy atom. The van der Waals surface area contributed by atoms with Crippen LogP contribution in [0.5, 0.6) is 5.75 Å². The van der Waals surface area contributed by atoms with Crippen molar-refractivity contribution >= 4 is 21.9 Å². The van der Waals surface area contributed by atoms with Gasteiger partial charge in [0, 0.05) is 12.0 Å². The summed E-state index contributed by atoms with van der Waals surface area (Å²) in [7, 11) is 0. The van der Waals surface area contributed by atoms with Gasteiger partial charge in [-0.05, 0) is 42.4 Å². The standard InChI is InChI=1S/C14H15BrO3/c15-11(14(16)17)7-9-2-1-8-3-4-12-10(13(8)9)5-6-18-12/h3-4,9,11H,1-2,5-7H2,(H,16,17)/t9-,11?/m0/s1. The number of carbonyl (C=O) groups is 1. The second-order valence-corrected chi connectivity index (χ2v) is 6.10. The van der Waals surface area contributed by atoms with Gasteiger partial charge in [0.15, 0.2) is 0 Å². The largest absolute Gasteiger partial charge is 0.493 e.